The van der Waals surface area contributed by atoms with Crippen molar-refractivity contribution in [1.82, 2.24) is 9.55 Å². The molecule has 1 aromatic rings. The standard InChI is InChI=1S/C10H16N2O3/c1-7(2)12-6-11-5-8(12)9(13)3-4-10(14)15/h5-7,9,13H,3-4H2,1-2H3,(H,14,15). The summed E-state index contributed by atoms with van der Waals surface area (Å²) >= 11 is 0. The van der Waals surface area contributed by atoms with E-state index in [2.05, 4.69) is 4.98 Å². The maximum Gasteiger partial charge on any atom is 0.303 e. The molecule has 0 aromatic carbocycles. The molecule has 5 heteroatoms. The van der Waals surface area contributed by atoms with E-state index in [1.165, 1.54) is 0 Å². The van der Waals surface area contributed by atoms with Gasteiger partial charge in [-0.1, -0.05) is 0 Å². The molecule has 0 fully saturated rings. The molecule has 0 aliphatic heterocycles. The van der Waals surface area contributed by atoms with Crippen LogP contribution >= 0.6 is 0 Å². The molecule has 0 aliphatic carbocycles. The molecule has 15 heavy (non-hydrogen) atoms. The first-order valence-corrected chi connectivity index (χ1v) is 4.94. The van der Waals surface area contributed by atoms with E-state index in [0.29, 0.717) is 5.69 Å². The predicted molar refractivity (Wildman–Crippen MR) is 54.4 cm³/mol. The van der Waals surface area contributed by atoms with Gasteiger partial charge in [-0.05, 0) is 20.3 Å². The maximum absolute atomic E-state index is 10.4. The lowest BCUT2D eigenvalue weighted by Crippen LogP contribution is -2.10. The fourth-order valence-electron chi connectivity index (χ4n) is 1.41. The normalized spacial score (nSPS) is 13.1. The zero-order chi connectivity index (χ0) is 11.4. The second kappa shape index (κ2) is 4.93. The fraction of sp³-hybridized carbons (Fsp3) is 0.600. The summed E-state index contributed by atoms with van der Waals surface area (Å²) in [4.78, 5) is 14.3. The molecule has 0 aliphatic rings. The molecule has 0 spiro atoms. The number of carboxylic acid groups (broad SMARTS) is 1. The molecule has 0 saturated heterocycles. The van der Waals surface area contributed by atoms with Crippen molar-refractivity contribution in [3.63, 3.8) is 0 Å². The van der Waals surface area contributed by atoms with Crippen molar-refractivity contribution in [3.05, 3.63) is 18.2 Å². The van der Waals surface area contributed by atoms with Gasteiger partial charge in [0.2, 0.25) is 0 Å². The first-order chi connectivity index (χ1) is 7.02. The number of nitrogens with zero attached hydrogens (tertiary/aromatic N) is 2. The number of aliphatic hydroxyl groups excluding tert-OH is 1. The van der Waals surface area contributed by atoms with Gasteiger partial charge in [0.05, 0.1) is 24.3 Å². The zero-order valence-corrected chi connectivity index (χ0v) is 8.92. The number of aliphatic carboxylic acids is 1. The molecule has 1 heterocycles. The van der Waals surface area contributed by atoms with E-state index >= 15 is 0 Å². The Morgan fingerprint density at radius 3 is 2.80 bits per heavy atom. The molecule has 1 unspecified atom stereocenters. The van der Waals surface area contributed by atoms with Gasteiger partial charge in [-0.2, -0.15) is 0 Å². The highest BCUT2D eigenvalue weighted by Gasteiger charge is 2.15. The molecule has 1 atom stereocenters. The summed E-state index contributed by atoms with van der Waals surface area (Å²) < 4.78 is 1.84. The topological polar surface area (TPSA) is 75.3 Å². The van der Waals surface area contributed by atoms with E-state index in [0.717, 1.165) is 0 Å². The molecule has 0 amide bonds. The Morgan fingerprint density at radius 1 is 1.60 bits per heavy atom. The van der Waals surface area contributed by atoms with E-state index in [1.807, 2.05) is 18.4 Å². The smallest absolute Gasteiger partial charge is 0.303 e. The van der Waals surface area contributed by atoms with Crippen LogP contribution in [0.3, 0.4) is 0 Å². The molecule has 1 rings (SSSR count). The van der Waals surface area contributed by atoms with Gasteiger partial charge in [-0.25, -0.2) is 4.98 Å². The lowest BCUT2D eigenvalue weighted by molar-refractivity contribution is -0.137. The second-order valence-corrected chi connectivity index (χ2v) is 3.77. The fourth-order valence-corrected chi connectivity index (χ4v) is 1.41. The second-order valence-electron chi connectivity index (χ2n) is 3.77. The molecule has 2 N–H and O–H groups in total. The van der Waals surface area contributed by atoms with Gasteiger partial charge in [0, 0.05) is 12.5 Å². The summed E-state index contributed by atoms with van der Waals surface area (Å²) in [5.41, 5.74) is 0.672. The number of aromatic nitrogens is 2. The van der Waals surface area contributed by atoms with Gasteiger partial charge >= 0.3 is 5.97 Å². The van der Waals surface area contributed by atoms with E-state index in [-0.39, 0.29) is 18.9 Å². The van der Waals surface area contributed by atoms with Crippen molar-refractivity contribution >= 4 is 5.97 Å². The monoisotopic (exact) mass is 212 g/mol. The Morgan fingerprint density at radius 2 is 2.27 bits per heavy atom. The molecule has 0 radical (unpaired) electrons. The summed E-state index contributed by atoms with van der Waals surface area (Å²) in [7, 11) is 0. The lowest BCUT2D eigenvalue weighted by atomic mass is 10.1. The SMILES string of the molecule is CC(C)n1cncc1C(O)CCC(=O)O. The third kappa shape index (κ3) is 3.06. The van der Waals surface area contributed by atoms with E-state index in [4.69, 9.17) is 5.11 Å². The van der Waals surface area contributed by atoms with Crippen molar-refractivity contribution in [3.8, 4) is 0 Å². The van der Waals surface area contributed by atoms with Crippen LogP contribution in [0.25, 0.3) is 0 Å². The average molecular weight is 212 g/mol. The highest BCUT2D eigenvalue weighted by atomic mass is 16.4. The number of hydrogen-bond acceptors (Lipinski definition) is 3. The van der Waals surface area contributed by atoms with Crippen LogP contribution in [-0.2, 0) is 4.79 Å². The number of hydrogen-bond donors (Lipinski definition) is 2. The minimum Gasteiger partial charge on any atom is -0.481 e. The van der Waals surface area contributed by atoms with Crippen LogP contribution in [0, 0.1) is 0 Å². The van der Waals surface area contributed by atoms with Gasteiger partial charge in [0.25, 0.3) is 0 Å². The van der Waals surface area contributed by atoms with Gasteiger partial charge < -0.3 is 14.8 Å². The maximum atomic E-state index is 10.4. The van der Waals surface area contributed by atoms with Crippen molar-refractivity contribution in [1.29, 1.82) is 0 Å². The summed E-state index contributed by atoms with van der Waals surface area (Å²) in [6.45, 7) is 3.96. The molecule has 5 nitrogen and oxygen atoms in total. The summed E-state index contributed by atoms with van der Waals surface area (Å²) in [5.74, 6) is -0.898. The van der Waals surface area contributed by atoms with E-state index in [1.54, 1.807) is 12.5 Å². The third-order valence-corrected chi connectivity index (χ3v) is 2.23. The van der Waals surface area contributed by atoms with Crippen LogP contribution in [0.4, 0.5) is 0 Å². The third-order valence-electron chi connectivity index (χ3n) is 2.23. The van der Waals surface area contributed by atoms with Crippen molar-refractivity contribution < 1.29 is 15.0 Å². The number of imidazole rings is 1. The predicted octanol–water partition coefficient (Wildman–Crippen LogP) is 1.36. The Hall–Kier alpha value is -1.36. The lowest BCUT2D eigenvalue weighted by Gasteiger charge is -2.15. The molecule has 84 valence electrons. The minimum atomic E-state index is -0.898. The highest BCUT2D eigenvalue weighted by molar-refractivity contribution is 5.66. The van der Waals surface area contributed by atoms with Crippen molar-refractivity contribution in [2.75, 3.05) is 0 Å². The molecule has 0 bridgehead atoms. The van der Waals surface area contributed by atoms with E-state index in [9.17, 15) is 9.90 Å². The summed E-state index contributed by atoms with van der Waals surface area (Å²) in [6, 6.07) is 0.210. The Labute approximate surface area is 88.4 Å². The Balaban J connectivity index is 2.68. The largest absolute Gasteiger partial charge is 0.481 e. The number of carbonyl (C=O) groups is 1. The average Bonchev–Trinajstić information content (AvgIpc) is 2.62. The van der Waals surface area contributed by atoms with Crippen molar-refractivity contribution in [2.24, 2.45) is 0 Å². The molecular weight excluding hydrogens is 196 g/mol. The highest BCUT2D eigenvalue weighted by Crippen LogP contribution is 2.20. The quantitative estimate of drug-likeness (QED) is 0.772. The number of aliphatic hydroxyl groups is 1. The van der Waals surface area contributed by atoms with Crippen LogP contribution in [0.1, 0.15) is 44.5 Å². The number of carboxylic acids is 1. The van der Waals surface area contributed by atoms with Crippen LogP contribution in [0.2, 0.25) is 0 Å². The van der Waals surface area contributed by atoms with E-state index < -0.39 is 12.1 Å². The Bertz CT molecular complexity index is 333. The molecule has 0 saturated carbocycles. The van der Waals surface area contributed by atoms with Crippen molar-refractivity contribution in [2.45, 2.75) is 38.8 Å². The first kappa shape index (κ1) is 11.7. The van der Waals surface area contributed by atoms with Gasteiger partial charge in [-0.3, -0.25) is 4.79 Å². The number of rotatable bonds is 5. The summed E-state index contributed by atoms with van der Waals surface area (Å²) in [6.07, 6.45) is 2.64. The van der Waals surface area contributed by atoms with Gasteiger partial charge in [-0.15, -0.1) is 0 Å². The Kier molecular flexibility index (Phi) is 3.85. The molecular formula is C10H16N2O3. The van der Waals surface area contributed by atoms with Crippen LogP contribution < -0.4 is 0 Å². The van der Waals surface area contributed by atoms with Gasteiger partial charge in [0.1, 0.15) is 0 Å². The molecule has 1 aromatic heterocycles. The first-order valence-electron chi connectivity index (χ1n) is 4.94. The van der Waals surface area contributed by atoms with Crippen LogP contribution in [0.5, 0.6) is 0 Å². The summed E-state index contributed by atoms with van der Waals surface area (Å²) in [5, 5.41) is 18.3. The van der Waals surface area contributed by atoms with Gasteiger partial charge in [0.15, 0.2) is 0 Å². The zero-order valence-electron chi connectivity index (χ0n) is 8.92. The van der Waals surface area contributed by atoms with Crippen LogP contribution in [-0.4, -0.2) is 25.7 Å². The minimum absolute atomic E-state index is 0.0373. The van der Waals surface area contributed by atoms with Crippen LogP contribution in [0.15, 0.2) is 12.5 Å².